The average molecular weight is 314 g/mol. The van der Waals surface area contributed by atoms with E-state index in [-0.39, 0.29) is 11.4 Å². The molecule has 2 saturated heterocycles. The molecule has 1 N–H and O–H groups in total. The van der Waals surface area contributed by atoms with Gasteiger partial charge in [-0.25, -0.2) is 0 Å². The Kier molecular flexibility index (Phi) is 7.34. The third kappa shape index (κ3) is 5.15. The molecule has 0 bridgehead atoms. The molecule has 0 unspecified atom stereocenters. The Morgan fingerprint density at radius 3 is 2.62 bits per heavy atom. The van der Waals surface area contributed by atoms with Gasteiger partial charge in [-0.1, -0.05) is 13.3 Å². The standard InChI is InChI=1S/C16H30N2O2S/c1-2-12-21-13-15(19)17-14-16(6-10-20-11-7-16)18-8-4-3-5-9-18/h2-14H2,1H3,(H,17,19). The van der Waals surface area contributed by atoms with Crippen molar-refractivity contribution in [3.63, 3.8) is 0 Å². The zero-order valence-corrected chi connectivity index (χ0v) is 14.2. The molecule has 122 valence electrons. The van der Waals surface area contributed by atoms with Crippen LogP contribution < -0.4 is 5.32 Å². The summed E-state index contributed by atoms with van der Waals surface area (Å²) in [5.74, 6) is 1.86. The predicted octanol–water partition coefficient (Wildman–Crippen LogP) is 2.28. The van der Waals surface area contributed by atoms with Crippen molar-refractivity contribution >= 4 is 17.7 Å². The zero-order valence-electron chi connectivity index (χ0n) is 13.4. The molecule has 2 fully saturated rings. The van der Waals surface area contributed by atoms with Gasteiger partial charge in [0.05, 0.1) is 5.75 Å². The molecule has 0 saturated carbocycles. The van der Waals surface area contributed by atoms with Gasteiger partial charge in [0.25, 0.3) is 0 Å². The first-order valence-corrected chi connectivity index (χ1v) is 9.59. The lowest BCUT2D eigenvalue weighted by molar-refractivity contribution is -0.120. The maximum atomic E-state index is 12.0. The van der Waals surface area contributed by atoms with E-state index in [0.717, 1.165) is 44.8 Å². The molecular formula is C16H30N2O2S. The molecule has 4 nitrogen and oxygen atoms in total. The van der Waals surface area contributed by atoms with Crippen LogP contribution in [-0.4, -0.2) is 60.7 Å². The summed E-state index contributed by atoms with van der Waals surface area (Å²) < 4.78 is 5.56. The second kappa shape index (κ2) is 9.01. The normalized spacial score (nSPS) is 22.9. The summed E-state index contributed by atoms with van der Waals surface area (Å²) in [6.07, 6.45) is 7.17. The molecule has 0 aromatic heterocycles. The summed E-state index contributed by atoms with van der Waals surface area (Å²) in [4.78, 5) is 14.6. The van der Waals surface area contributed by atoms with Gasteiger partial charge >= 0.3 is 0 Å². The van der Waals surface area contributed by atoms with Crippen molar-refractivity contribution in [1.29, 1.82) is 0 Å². The van der Waals surface area contributed by atoms with Gasteiger partial charge in [-0.2, -0.15) is 11.8 Å². The first-order chi connectivity index (χ1) is 10.3. The van der Waals surface area contributed by atoms with Gasteiger partial charge in [-0.15, -0.1) is 0 Å². The number of nitrogens with one attached hydrogen (secondary N) is 1. The molecule has 0 atom stereocenters. The van der Waals surface area contributed by atoms with E-state index >= 15 is 0 Å². The van der Waals surface area contributed by atoms with Gasteiger partial charge in [-0.05, 0) is 50.9 Å². The van der Waals surface area contributed by atoms with E-state index < -0.39 is 0 Å². The molecule has 2 rings (SSSR count). The quantitative estimate of drug-likeness (QED) is 0.732. The van der Waals surface area contributed by atoms with Crippen LogP contribution in [0, 0.1) is 0 Å². The number of hydrogen-bond donors (Lipinski definition) is 1. The number of nitrogens with zero attached hydrogens (tertiary/aromatic N) is 1. The summed E-state index contributed by atoms with van der Waals surface area (Å²) >= 11 is 1.73. The third-order valence-electron chi connectivity index (χ3n) is 4.65. The number of carbonyl (C=O) groups is 1. The third-order valence-corrected chi connectivity index (χ3v) is 5.81. The van der Waals surface area contributed by atoms with Crippen LogP contribution in [0.3, 0.4) is 0 Å². The minimum absolute atomic E-state index is 0.143. The number of thioether (sulfide) groups is 1. The maximum absolute atomic E-state index is 12.0. The van der Waals surface area contributed by atoms with Gasteiger partial charge in [0.2, 0.25) is 5.91 Å². The minimum atomic E-state index is 0.143. The van der Waals surface area contributed by atoms with Crippen molar-refractivity contribution in [1.82, 2.24) is 10.2 Å². The first-order valence-electron chi connectivity index (χ1n) is 8.44. The number of amides is 1. The van der Waals surface area contributed by atoms with Gasteiger partial charge < -0.3 is 10.1 Å². The number of rotatable bonds is 7. The van der Waals surface area contributed by atoms with E-state index in [1.165, 1.54) is 32.4 Å². The van der Waals surface area contributed by atoms with E-state index in [1.54, 1.807) is 11.8 Å². The average Bonchev–Trinajstić information content (AvgIpc) is 2.55. The van der Waals surface area contributed by atoms with E-state index in [2.05, 4.69) is 17.1 Å². The molecule has 21 heavy (non-hydrogen) atoms. The second-order valence-corrected chi connectivity index (χ2v) is 7.32. The lowest BCUT2D eigenvalue weighted by atomic mass is 9.86. The molecule has 0 radical (unpaired) electrons. The summed E-state index contributed by atoms with van der Waals surface area (Å²) in [5, 5.41) is 3.19. The Balaban J connectivity index is 1.85. The van der Waals surface area contributed by atoms with Gasteiger partial charge in [0, 0.05) is 25.3 Å². The highest BCUT2D eigenvalue weighted by Gasteiger charge is 2.39. The van der Waals surface area contributed by atoms with E-state index in [4.69, 9.17) is 4.74 Å². The van der Waals surface area contributed by atoms with Crippen molar-refractivity contribution in [2.45, 2.75) is 51.0 Å². The zero-order chi connectivity index (χ0) is 15.0. The number of piperidine rings is 1. The summed E-state index contributed by atoms with van der Waals surface area (Å²) in [5.41, 5.74) is 0.143. The molecule has 0 aromatic rings. The Morgan fingerprint density at radius 1 is 1.24 bits per heavy atom. The largest absolute Gasteiger partial charge is 0.381 e. The number of likely N-dealkylation sites (tertiary alicyclic amines) is 1. The minimum Gasteiger partial charge on any atom is -0.381 e. The van der Waals surface area contributed by atoms with Crippen molar-refractivity contribution in [3.8, 4) is 0 Å². The van der Waals surface area contributed by atoms with Crippen LogP contribution in [0.2, 0.25) is 0 Å². The molecular weight excluding hydrogens is 284 g/mol. The highest BCUT2D eigenvalue weighted by atomic mass is 32.2. The van der Waals surface area contributed by atoms with Crippen LogP contribution in [0.15, 0.2) is 0 Å². The maximum Gasteiger partial charge on any atom is 0.230 e. The molecule has 2 aliphatic rings. The van der Waals surface area contributed by atoms with E-state index in [0.29, 0.717) is 5.75 Å². The molecule has 2 heterocycles. The van der Waals surface area contributed by atoms with Crippen LogP contribution in [0.1, 0.15) is 45.4 Å². The summed E-state index contributed by atoms with van der Waals surface area (Å²) in [6.45, 7) is 6.97. The molecule has 0 aromatic carbocycles. The molecule has 0 spiro atoms. The fourth-order valence-corrected chi connectivity index (χ4v) is 4.07. The van der Waals surface area contributed by atoms with Crippen LogP contribution in [0.4, 0.5) is 0 Å². The highest BCUT2D eigenvalue weighted by molar-refractivity contribution is 7.99. The smallest absolute Gasteiger partial charge is 0.230 e. The number of ether oxygens (including phenoxy) is 1. The van der Waals surface area contributed by atoms with Crippen molar-refractivity contribution < 1.29 is 9.53 Å². The van der Waals surface area contributed by atoms with Crippen molar-refractivity contribution in [2.75, 3.05) is 44.4 Å². The van der Waals surface area contributed by atoms with Gasteiger partial charge in [-0.3, -0.25) is 9.69 Å². The monoisotopic (exact) mass is 314 g/mol. The summed E-state index contributed by atoms with van der Waals surface area (Å²) in [7, 11) is 0. The van der Waals surface area contributed by atoms with Crippen LogP contribution in [0.5, 0.6) is 0 Å². The fraction of sp³-hybridized carbons (Fsp3) is 0.938. The first kappa shape index (κ1) is 17.1. The fourth-order valence-electron chi connectivity index (χ4n) is 3.35. The SMILES string of the molecule is CCCSCC(=O)NCC1(N2CCCCC2)CCOCC1. The molecule has 1 amide bonds. The van der Waals surface area contributed by atoms with Gasteiger partial charge in [0.1, 0.15) is 0 Å². The lowest BCUT2D eigenvalue weighted by Gasteiger charge is -2.48. The van der Waals surface area contributed by atoms with Crippen molar-refractivity contribution in [3.05, 3.63) is 0 Å². The Morgan fingerprint density at radius 2 is 1.95 bits per heavy atom. The predicted molar refractivity (Wildman–Crippen MR) is 88.8 cm³/mol. The molecule has 0 aliphatic carbocycles. The van der Waals surface area contributed by atoms with Gasteiger partial charge in [0.15, 0.2) is 0 Å². The second-order valence-electron chi connectivity index (χ2n) is 6.21. The molecule has 5 heteroatoms. The van der Waals surface area contributed by atoms with E-state index in [1.807, 2.05) is 0 Å². The Hall–Kier alpha value is -0.260. The van der Waals surface area contributed by atoms with E-state index in [9.17, 15) is 4.79 Å². The van der Waals surface area contributed by atoms with Crippen LogP contribution in [0.25, 0.3) is 0 Å². The summed E-state index contributed by atoms with van der Waals surface area (Å²) in [6, 6.07) is 0. The van der Waals surface area contributed by atoms with Crippen LogP contribution >= 0.6 is 11.8 Å². The topological polar surface area (TPSA) is 41.6 Å². The Labute approximate surface area is 133 Å². The van der Waals surface area contributed by atoms with Crippen LogP contribution in [-0.2, 0) is 9.53 Å². The van der Waals surface area contributed by atoms with Crippen molar-refractivity contribution in [2.24, 2.45) is 0 Å². The lowest BCUT2D eigenvalue weighted by Crippen LogP contribution is -2.59. The number of carbonyl (C=O) groups excluding carboxylic acids is 1. The Bertz CT molecular complexity index is 313. The molecule has 2 aliphatic heterocycles. The number of hydrogen-bond acceptors (Lipinski definition) is 4. The highest BCUT2D eigenvalue weighted by Crippen LogP contribution is 2.30.